The molecule has 0 bridgehead atoms. The Morgan fingerprint density at radius 2 is 1.91 bits per heavy atom. The Morgan fingerprint density at radius 1 is 1.45 bits per heavy atom. The fraction of sp³-hybridized carbons (Fsp3) is 0.714. The van der Waals surface area contributed by atoms with Gasteiger partial charge in [0.1, 0.15) is 0 Å². The lowest BCUT2D eigenvalue weighted by atomic mass is 10.2. The van der Waals surface area contributed by atoms with Crippen LogP contribution in [0.4, 0.5) is 4.79 Å². The van der Waals surface area contributed by atoms with Crippen LogP contribution in [0.3, 0.4) is 0 Å². The molecule has 64 valence electrons. The van der Waals surface area contributed by atoms with Crippen molar-refractivity contribution < 1.29 is 15.0 Å². The number of nitrogens with zero attached hydrogens (tertiary/aromatic N) is 1. The lowest BCUT2D eigenvalue weighted by Crippen LogP contribution is -1.81. The molecule has 4 nitrogen and oxygen atoms in total. The molecule has 4 heteroatoms. The maximum Gasteiger partial charge on any atom is 0.503 e. The molecule has 0 amide bonds. The second kappa shape index (κ2) is 11.5. The van der Waals surface area contributed by atoms with Crippen LogP contribution in [-0.4, -0.2) is 16.4 Å². The van der Waals surface area contributed by atoms with Gasteiger partial charge in [-0.1, -0.05) is 19.8 Å². The minimum atomic E-state index is -1.83. The Bertz CT molecular complexity index is 124. The summed E-state index contributed by atoms with van der Waals surface area (Å²) in [5.74, 6) is 0. The summed E-state index contributed by atoms with van der Waals surface area (Å²) in [5.41, 5.74) is 0. The monoisotopic (exact) mass is 159 g/mol. The molecule has 0 unspecified atom stereocenters. The third-order valence-electron chi connectivity index (χ3n) is 0.892. The van der Waals surface area contributed by atoms with E-state index in [4.69, 9.17) is 20.3 Å². The second-order valence-electron chi connectivity index (χ2n) is 1.90. The lowest BCUT2D eigenvalue weighted by molar-refractivity contribution is 0.137. The van der Waals surface area contributed by atoms with Gasteiger partial charge in [0.15, 0.2) is 0 Å². The van der Waals surface area contributed by atoms with Crippen LogP contribution in [0, 0.1) is 11.3 Å². The average molecular weight is 159 g/mol. The summed E-state index contributed by atoms with van der Waals surface area (Å²) in [6.45, 7) is 2.14. The van der Waals surface area contributed by atoms with Crippen molar-refractivity contribution in [2.45, 2.75) is 32.6 Å². The van der Waals surface area contributed by atoms with Crippen LogP contribution in [0.1, 0.15) is 32.6 Å². The highest BCUT2D eigenvalue weighted by molar-refractivity contribution is 5.53. The van der Waals surface area contributed by atoms with Crippen molar-refractivity contribution in [2.75, 3.05) is 0 Å². The molecule has 0 saturated carbocycles. The van der Waals surface area contributed by atoms with Crippen molar-refractivity contribution >= 4 is 6.16 Å². The highest BCUT2D eigenvalue weighted by Crippen LogP contribution is 1.95. The SMILES string of the molecule is CCCCCC#N.O=C(O)O. The van der Waals surface area contributed by atoms with E-state index in [-0.39, 0.29) is 0 Å². The van der Waals surface area contributed by atoms with E-state index in [9.17, 15) is 0 Å². The molecule has 2 N–H and O–H groups in total. The summed E-state index contributed by atoms with van der Waals surface area (Å²) in [6.07, 6.45) is 2.39. The van der Waals surface area contributed by atoms with E-state index >= 15 is 0 Å². The molecule has 0 saturated heterocycles. The van der Waals surface area contributed by atoms with Crippen LogP contribution in [0.25, 0.3) is 0 Å². The molecule has 0 fully saturated rings. The van der Waals surface area contributed by atoms with Gasteiger partial charge in [-0.3, -0.25) is 0 Å². The Morgan fingerprint density at radius 3 is 2.18 bits per heavy atom. The number of hydrogen-bond acceptors (Lipinski definition) is 2. The molecule has 0 radical (unpaired) electrons. The molecule has 0 heterocycles. The smallest absolute Gasteiger partial charge is 0.450 e. The quantitative estimate of drug-likeness (QED) is 0.619. The molecule has 0 aromatic carbocycles. The van der Waals surface area contributed by atoms with Crippen LogP contribution < -0.4 is 0 Å². The van der Waals surface area contributed by atoms with Crippen molar-refractivity contribution in [3.8, 4) is 6.07 Å². The Kier molecular flexibility index (Phi) is 13.1. The maximum absolute atomic E-state index is 8.56. The first kappa shape index (κ1) is 12.4. The van der Waals surface area contributed by atoms with Gasteiger partial charge in [-0.05, 0) is 6.42 Å². The molecule has 0 spiro atoms. The molecular formula is C7H13NO3. The minimum Gasteiger partial charge on any atom is -0.450 e. The van der Waals surface area contributed by atoms with Crippen molar-refractivity contribution in [1.29, 1.82) is 5.26 Å². The average Bonchev–Trinajstić information content (AvgIpc) is 1.88. The zero-order valence-electron chi connectivity index (χ0n) is 6.58. The van der Waals surface area contributed by atoms with Crippen LogP contribution in [0.2, 0.25) is 0 Å². The Balaban J connectivity index is 0. The molecule has 0 rings (SSSR count). The van der Waals surface area contributed by atoms with Gasteiger partial charge >= 0.3 is 6.16 Å². The molecule has 0 aliphatic carbocycles. The summed E-state index contributed by atoms with van der Waals surface area (Å²) in [5, 5.41) is 22.0. The zero-order valence-corrected chi connectivity index (χ0v) is 6.58. The normalized spacial score (nSPS) is 7.27. The second-order valence-corrected chi connectivity index (χ2v) is 1.90. The third-order valence-corrected chi connectivity index (χ3v) is 0.892. The van der Waals surface area contributed by atoms with Crippen LogP contribution in [-0.2, 0) is 0 Å². The highest BCUT2D eigenvalue weighted by atomic mass is 16.6. The summed E-state index contributed by atoms with van der Waals surface area (Å²) < 4.78 is 0. The van der Waals surface area contributed by atoms with Crippen molar-refractivity contribution in [2.24, 2.45) is 0 Å². The first-order valence-corrected chi connectivity index (χ1v) is 3.44. The Hall–Kier alpha value is -1.24. The highest BCUT2D eigenvalue weighted by Gasteiger charge is 1.79. The molecule has 0 aliphatic rings. The summed E-state index contributed by atoms with van der Waals surface area (Å²) in [4.78, 5) is 8.56. The number of rotatable bonds is 3. The lowest BCUT2D eigenvalue weighted by Gasteiger charge is -1.84. The largest absolute Gasteiger partial charge is 0.503 e. The van der Waals surface area contributed by atoms with Gasteiger partial charge in [0.2, 0.25) is 0 Å². The van der Waals surface area contributed by atoms with Crippen molar-refractivity contribution in [3.63, 3.8) is 0 Å². The van der Waals surface area contributed by atoms with E-state index in [1.165, 1.54) is 12.8 Å². The summed E-state index contributed by atoms with van der Waals surface area (Å²) in [7, 11) is 0. The van der Waals surface area contributed by atoms with Gasteiger partial charge in [-0.25, -0.2) is 4.79 Å². The van der Waals surface area contributed by atoms with E-state index < -0.39 is 6.16 Å². The maximum atomic E-state index is 8.56. The van der Waals surface area contributed by atoms with Gasteiger partial charge < -0.3 is 10.2 Å². The summed E-state index contributed by atoms with van der Waals surface area (Å²) >= 11 is 0. The van der Waals surface area contributed by atoms with E-state index in [0.717, 1.165) is 12.8 Å². The third kappa shape index (κ3) is 52.6. The van der Waals surface area contributed by atoms with Crippen LogP contribution >= 0.6 is 0 Å². The number of unbranched alkanes of at least 4 members (excludes halogenated alkanes) is 3. The molecule has 0 aromatic rings. The van der Waals surface area contributed by atoms with E-state index in [2.05, 4.69) is 13.0 Å². The molecule has 0 aliphatic heterocycles. The van der Waals surface area contributed by atoms with Gasteiger partial charge in [0, 0.05) is 6.42 Å². The topological polar surface area (TPSA) is 81.3 Å². The van der Waals surface area contributed by atoms with Crippen molar-refractivity contribution in [3.05, 3.63) is 0 Å². The number of carbonyl (C=O) groups is 1. The number of carboxylic acid groups (broad SMARTS) is 2. The van der Waals surface area contributed by atoms with Crippen LogP contribution in [0.5, 0.6) is 0 Å². The first-order valence-electron chi connectivity index (χ1n) is 3.44. The fourth-order valence-corrected chi connectivity index (χ4v) is 0.454. The molecular weight excluding hydrogens is 146 g/mol. The predicted octanol–water partition coefficient (Wildman–Crippen LogP) is 2.31. The van der Waals surface area contributed by atoms with E-state index in [0.29, 0.717) is 0 Å². The molecule has 11 heavy (non-hydrogen) atoms. The first-order chi connectivity index (χ1) is 5.15. The zero-order chi connectivity index (χ0) is 9.11. The Labute approximate surface area is 66.1 Å². The molecule has 0 aromatic heterocycles. The fourth-order valence-electron chi connectivity index (χ4n) is 0.454. The van der Waals surface area contributed by atoms with E-state index in [1.807, 2.05) is 0 Å². The van der Waals surface area contributed by atoms with Gasteiger partial charge in [-0.2, -0.15) is 5.26 Å². The van der Waals surface area contributed by atoms with Crippen molar-refractivity contribution in [1.82, 2.24) is 0 Å². The summed E-state index contributed by atoms with van der Waals surface area (Å²) in [6, 6.07) is 2.10. The van der Waals surface area contributed by atoms with Gasteiger partial charge in [0.25, 0.3) is 0 Å². The van der Waals surface area contributed by atoms with Crippen LogP contribution in [0.15, 0.2) is 0 Å². The minimum absolute atomic E-state index is 0.730. The molecule has 0 atom stereocenters. The van der Waals surface area contributed by atoms with E-state index in [1.54, 1.807) is 0 Å². The number of hydrogen-bond donors (Lipinski definition) is 2. The predicted molar refractivity (Wildman–Crippen MR) is 40.4 cm³/mol. The van der Waals surface area contributed by atoms with Gasteiger partial charge in [-0.15, -0.1) is 0 Å². The number of nitriles is 1. The standard InChI is InChI=1S/C6H11N.CH2O3/c1-2-3-4-5-6-7;2-1(3)4/h2-5H2,1H3;(H2,2,3,4). The van der Waals surface area contributed by atoms with Gasteiger partial charge in [0.05, 0.1) is 6.07 Å².